The summed E-state index contributed by atoms with van der Waals surface area (Å²) in [5.41, 5.74) is 1.10. The fourth-order valence-corrected chi connectivity index (χ4v) is 2.69. The van der Waals surface area contributed by atoms with Crippen LogP contribution in [0.15, 0.2) is 30.6 Å². The van der Waals surface area contributed by atoms with E-state index in [1.54, 1.807) is 37.7 Å². The number of hydrogen-bond acceptors (Lipinski definition) is 4. The Kier molecular flexibility index (Phi) is 4.25. The van der Waals surface area contributed by atoms with Gasteiger partial charge in [0.15, 0.2) is 11.5 Å². The largest absolute Gasteiger partial charge is 0.493 e. The Morgan fingerprint density at radius 2 is 2.13 bits per heavy atom. The van der Waals surface area contributed by atoms with Crippen LogP contribution in [0.1, 0.15) is 6.42 Å². The van der Waals surface area contributed by atoms with Gasteiger partial charge in [-0.1, -0.05) is 0 Å². The van der Waals surface area contributed by atoms with Gasteiger partial charge in [-0.05, 0) is 18.6 Å². The zero-order valence-corrected chi connectivity index (χ0v) is 13.2. The minimum absolute atomic E-state index is 0.431. The molecule has 3 rings (SSSR count). The van der Waals surface area contributed by atoms with Crippen LogP contribution in [0.25, 0.3) is 21.8 Å². The molecule has 0 radical (unpaired) electrons. The standard InChI is InChI=1S/C16H15ClN2O4/c1-22-14-7-10-11-9-18-5-3-12(11)19(16(20)21)13(10)8-15(14)23-6-2-4-17/h3,5,7-9H,2,4,6H2,1H3,(H,20,21). The molecule has 23 heavy (non-hydrogen) atoms. The maximum atomic E-state index is 11.7. The molecule has 0 aliphatic heterocycles. The van der Waals surface area contributed by atoms with E-state index in [0.29, 0.717) is 41.4 Å². The van der Waals surface area contributed by atoms with E-state index in [-0.39, 0.29) is 0 Å². The number of rotatable bonds is 5. The molecular formula is C16H15ClN2O4. The first-order valence-corrected chi connectivity index (χ1v) is 7.59. The molecule has 120 valence electrons. The topological polar surface area (TPSA) is 73.6 Å². The van der Waals surface area contributed by atoms with Gasteiger partial charge in [0.25, 0.3) is 0 Å². The van der Waals surface area contributed by atoms with Crippen molar-refractivity contribution in [1.82, 2.24) is 9.55 Å². The number of nitrogens with zero attached hydrogens (tertiary/aromatic N) is 2. The summed E-state index contributed by atoms with van der Waals surface area (Å²) in [6.45, 7) is 0.431. The molecule has 0 aliphatic rings. The number of benzene rings is 1. The van der Waals surface area contributed by atoms with Gasteiger partial charge in [0.05, 0.1) is 24.8 Å². The van der Waals surface area contributed by atoms with Crippen LogP contribution in [0.3, 0.4) is 0 Å². The Labute approximate surface area is 137 Å². The lowest BCUT2D eigenvalue weighted by molar-refractivity contribution is 0.198. The summed E-state index contributed by atoms with van der Waals surface area (Å²) in [5, 5.41) is 11.0. The summed E-state index contributed by atoms with van der Waals surface area (Å²) in [5.74, 6) is 1.52. The van der Waals surface area contributed by atoms with Gasteiger partial charge in [0.1, 0.15) is 0 Å². The number of aromatic nitrogens is 2. The third kappa shape index (κ3) is 2.66. The number of ether oxygens (including phenoxy) is 2. The molecule has 7 heteroatoms. The number of halogens is 1. The molecule has 2 heterocycles. The summed E-state index contributed by atoms with van der Waals surface area (Å²) in [6, 6.07) is 5.12. The lowest BCUT2D eigenvalue weighted by Gasteiger charge is -2.11. The van der Waals surface area contributed by atoms with Crippen molar-refractivity contribution >= 4 is 39.5 Å². The van der Waals surface area contributed by atoms with Gasteiger partial charge in [-0.2, -0.15) is 0 Å². The first-order valence-electron chi connectivity index (χ1n) is 7.05. The van der Waals surface area contributed by atoms with Crippen molar-refractivity contribution in [3.63, 3.8) is 0 Å². The number of pyridine rings is 1. The maximum absolute atomic E-state index is 11.7. The molecule has 2 aromatic heterocycles. The third-order valence-electron chi connectivity index (χ3n) is 3.58. The summed E-state index contributed by atoms with van der Waals surface area (Å²) in [6.07, 6.45) is 2.84. The van der Waals surface area contributed by atoms with E-state index in [9.17, 15) is 9.90 Å². The van der Waals surface area contributed by atoms with Crippen molar-refractivity contribution in [2.24, 2.45) is 0 Å². The Morgan fingerprint density at radius 1 is 1.30 bits per heavy atom. The SMILES string of the molecule is COc1cc2c3cnccc3n(C(=O)O)c2cc1OCCCCl. The van der Waals surface area contributed by atoms with E-state index in [1.807, 2.05) is 0 Å². The zero-order valence-electron chi connectivity index (χ0n) is 12.5. The Bertz CT molecular complexity index is 875. The monoisotopic (exact) mass is 334 g/mol. The minimum atomic E-state index is -1.06. The summed E-state index contributed by atoms with van der Waals surface area (Å²) >= 11 is 5.66. The van der Waals surface area contributed by atoms with Gasteiger partial charge in [-0.25, -0.2) is 9.36 Å². The highest BCUT2D eigenvalue weighted by atomic mass is 35.5. The van der Waals surface area contributed by atoms with E-state index in [0.717, 1.165) is 10.8 Å². The molecule has 0 bridgehead atoms. The van der Waals surface area contributed by atoms with Gasteiger partial charge in [0.2, 0.25) is 0 Å². The molecule has 1 N–H and O–H groups in total. The number of fused-ring (bicyclic) bond motifs is 3. The predicted octanol–water partition coefficient (Wildman–Crippen LogP) is 3.73. The van der Waals surface area contributed by atoms with Gasteiger partial charge < -0.3 is 14.6 Å². The smallest absolute Gasteiger partial charge is 0.416 e. The molecular weight excluding hydrogens is 320 g/mol. The van der Waals surface area contributed by atoms with Crippen LogP contribution in [-0.4, -0.2) is 40.3 Å². The number of methoxy groups -OCH3 is 1. The summed E-state index contributed by atoms with van der Waals surface area (Å²) in [4.78, 5) is 15.8. The van der Waals surface area contributed by atoms with Crippen LogP contribution in [0.2, 0.25) is 0 Å². The second kappa shape index (κ2) is 6.34. The fraction of sp³-hybridized carbons (Fsp3) is 0.250. The first kappa shape index (κ1) is 15.4. The molecule has 0 atom stereocenters. The van der Waals surface area contributed by atoms with E-state index in [2.05, 4.69) is 4.98 Å². The molecule has 3 aromatic rings. The maximum Gasteiger partial charge on any atom is 0.416 e. The Balaban J connectivity index is 2.26. The van der Waals surface area contributed by atoms with Crippen molar-refractivity contribution in [3.8, 4) is 11.5 Å². The molecule has 0 unspecified atom stereocenters. The van der Waals surface area contributed by atoms with E-state index in [4.69, 9.17) is 21.1 Å². The lowest BCUT2D eigenvalue weighted by atomic mass is 10.2. The molecule has 0 saturated heterocycles. The zero-order chi connectivity index (χ0) is 16.4. The minimum Gasteiger partial charge on any atom is -0.493 e. The summed E-state index contributed by atoms with van der Waals surface area (Å²) in [7, 11) is 1.55. The molecule has 0 spiro atoms. The molecule has 0 fully saturated rings. The Morgan fingerprint density at radius 3 is 2.83 bits per heavy atom. The van der Waals surface area contributed by atoms with Crippen molar-refractivity contribution in [2.75, 3.05) is 19.6 Å². The van der Waals surface area contributed by atoms with Crippen LogP contribution in [0.4, 0.5) is 4.79 Å². The second-order valence-electron chi connectivity index (χ2n) is 4.92. The molecule has 6 nitrogen and oxygen atoms in total. The van der Waals surface area contributed by atoms with Crippen molar-refractivity contribution in [1.29, 1.82) is 0 Å². The van der Waals surface area contributed by atoms with Crippen molar-refractivity contribution in [2.45, 2.75) is 6.42 Å². The van der Waals surface area contributed by atoms with Crippen LogP contribution in [0.5, 0.6) is 11.5 Å². The predicted molar refractivity (Wildman–Crippen MR) is 88.0 cm³/mol. The fourth-order valence-electron chi connectivity index (χ4n) is 2.58. The second-order valence-corrected chi connectivity index (χ2v) is 5.30. The number of hydrogen-bond donors (Lipinski definition) is 1. The molecule has 1 aromatic carbocycles. The Hall–Kier alpha value is -2.47. The van der Waals surface area contributed by atoms with Crippen LogP contribution in [0, 0.1) is 0 Å². The van der Waals surface area contributed by atoms with Crippen molar-refractivity contribution < 1.29 is 19.4 Å². The third-order valence-corrected chi connectivity index (χ3v) is 3.85. The van der Waals surface area contributed by atoms with E-state index < -0.39 is 6.09 Å². The van der Waals surface area contributed by atoms with Gasteiger partial charge in [-0.3, -0.25) is 4.98 Å². The van der Waals surface area contributed by atoms with Gasteiger partial charge >= 0.3 is 6.09 Å². The number of alkyl halides is 1. The molecule has 0 amide bonds. The quantitative estimate of drug-likeness (QED) is 0.568. The first-order chi connectivity index (χ1) is 11.2. The van der Waals surface area contributed by atoms with Crippen LogP contribution >= 0.6 is 11.6 Å². The van der Waals surface area contributed by atoms with E-state index >= 15 is 0 Å². The molecule has 0 aliphatic carbocycles. The van der Waals surface area contributed by atoms with Gasteiger partial charge in [-0.15, -0.1) is 11.6 Å². The lowest BCUT2D eigenvalue weighted by Crippen LogP contribution is -2.07. The highest BCUT2D eigenvalue weighted by Gasteiger charge is 2.18. The van der Waals surface area contributed by atoms with Crippen LogP contribution < -0.4 is 9.47 Å². The average Bonchev–Trinajstić information content (AvgIpc) is 2.87. The highest BCUT2D eigenvalue weighted by Crippen LogP contribution is 2.37. The van der Waals surface area contributed by atoms with E-state index in [1.165, 1.54) is 4.57 Å². The number of carboxylic acid groups (broad SMARTS) is 1. The number of carbonyl (C=O) groups is 1. The average molecular weight is 335 g/mol. The van der Waals surface area contributed by atoms with Crippen molar-refractivity contribution in [3.05, 3.63) is 30.6 Å². The summed E-state index contributed by atoms with van der Waals surface area (Å²) < 4.78 is 12.3. The highest BCUT2D eigenvalue weighted by molar-refractivity contribution is 6.17. The normalized spacial score (nSPS) is 11.0. The van der Waals surface area contributed by atoms with Gasteiger partial charge in [0, 0.05) is 35.1 Å². The van der Waals surface area contributed by atoms with Crippen LogP contribution in [-0.2, 0) is 0 Å². The molecule has 0 saturated carbocycles.